The Balaban J connectivity index is 3.23. The second kappa shape index (κ2) is 6.46. The van der Waals surface area contributed by atoms with E-state index in [9.17, 15) is 4.79 Å². The maximum atomic E-state index is 10.6. The van der Waals surface area contributed by atoms with Crippen LogP contribution in [0.3, 0.4) is 0 Å². The highest BCUT2D eigenvalue weighted by Gasteiger charge is 2.03. The molecule has 4 heteroatoms. The van der Waals surface area contributed by atoms with Crippen molar-refractivity contribution in [2.24, 2.45) is 5.92 Å². The molecule has 0 heterocycles. The van der Waals surface area contributed by atoms with E-state index in [1.807, 2.05) is 13.8 Å². The van der Waals surface area contributed by atoms with E-state index >= 15 is 0 Å². The lowest BCUT2D eigenvalue weighted by Crippen LogP contribution is -2.12. The van der Waals surface area contributed by atoms with E-state index in [-0.39, 0.29) is 0 Å². The van der Waals surface area contributed by atoms with E-state index in [2.05, 4.69) is 20.7 Å². The fraction of sp³-hybridized carbons (Fsp3) is 0.857. The molecule has 0 spiro atoms. The topological polar surface area (TPSA) is 35.5 Å². The molecule has 0 bridgehead atoms. The van der Waals surface area contributed by atoms with Gasteiger partial charge in [-0.15, -0.1) is 0 Å². The Morgan fingerprint density at radius 1 is 1.45 bits per heavy atom. The summed E-state index contributed by atoms with van der Waals surface area (Å²) in [6.45, 7) is 4.72. The summed E-state index contributed by atoms with van der Waals surface area (Å²) in [5, 5.41) is 0.643. The molecular formula is C7H13BrO3. The third-order valence-electron chi connectivity index (χ3n) is 0.832. The van der Waals surface area contributed by atoms with Crippen LogP contribution in [0.5, 0.6) is 0 Å². The van der Waals surface area contributed by atoms with Crippen LogP contribution in [0.1, 0.15) is 13.8 Å². The summed E-state index contributed by atoms with van der Waals surface area (Å²) in [6.07, 6.45) is -0.585. The van der Waals surface area contributed by atoms with Crippen LogP contribution >= 0.6 is 15.9 Å². The van der Waals surface area contributed by atoms with Crippen molar-refractivity contribution in [3.8, 4) is 0 Å². The van der Waals surface area contributed by atoms with Crippen LogP contribution in [0.15, 0.2) is 0 Å². The molecule has 0 aromatic carbocycles. The number of carbonyl (C=O) groups excluding carboxylic acids is 1. The van der Waals surface area contributed by atoms with Gasteiger partial charge in [0.1, 0.15) is 6.61 Å². The number of rotatable bonds is 4. The molecule has 0 atom stereocenters. The Hall–Kier alpha value is -0.250. The van der Waals surface area contributed by atoms with Crippen molar-refractivity contribution in [2.75, 3.05) is 18.5 Å². The minimum Gasteiger partial charge on any atom is -0.434 e. The number of hydrogen-bond donors (Lipinski definition) is 0. The zero-order chi connectivity index (χ0) is 8.69. The molecule has 66 valence electrons. The van der Waals surface area contributed by atoms with E-state index in [0.717, 1.165) is 0 Å². The van der Waals surface area contributed by atoms with Gasteiger partial charge < -0.3 is 9.47 Å². The fourth-order valence-electron chi connectivity index (χ4n) is 0.398. The Labute approximate surface area is 75.2 Å². The van der Waals surface area contributed by atoms with Gasteiger partial charge in [0.2, 0.25) is 0 Å². The molecule has 0 aliphatic rings. The van der Waals surface area contributed by atoms with Crippen LogP contribution in [-0.2, 0) is 9.47 Å². The van der Waals surface area contributed by atoms with Gasteiger partial charge in [-0.05, 0) is 5.92 Å². The summed E-state index contributed by atoms with van der Waals surface area (Å²) in [5.74, 6) is 0.353. The van der Waals surface area contributed by atoms with Crippen molar-refractivity contribution in [2.45, 2.75) is 13.8 Å². The van der Waals surface area contributed by atoms with Gasteiger partial charge in [-0.1, -0.05) is 29.8 Å². The summed E-state index contributed by atoms with van der Waals surface area (Å²) in [7, 11) is 0. The molecule has 0 radical (unpaired) electrons. The largest absolute Gasteiger partial charge is 0.508 e. The molecule has 0 fully saturated rings. The molecule has 0 aliphatic carbocycles. The molecule has 0 aromatic rings. The van der Waals surface area contributed by atoms with Gasteiger partial charge in [0.25, 0.3) is 0 Å². The lowest BCUT2D eigenvalue weighted by Gasteiger charge is -2.06. The zero-order valence-electron chi connectivity index (χ0n) is 6.80. The van der Waals surface area contributed by atoms with Crippen LogP contribution in [0.4, 0.5) is 4.79 Å². The van der Waals surface area contributed by atoms with Gasteiger partial charge in [0.15, 0.2) is 0 Å². The molecule has 0 aliphatic heterocycles. The van der Waals surface area contributed by atoms with Gasteiger partial charge in [0, 0.05) is 5.33 Å². The lowest BCUT2D eigenvalue weighted by molar-refractivity contribution is 0.0519. The molecule has 0 aromatic heterocycles. The van der Waals surface area contributed by atoms with E-state index < -0.39 is 6.16 Å². The number of alkyl halides is 1. The number of halogens is 1. The monoisotopic (exact) mass is 224 g/mol. The second-order valence-electron chi connectivity index (χ2n) is 2.49. The minimum atomic E-state index is -0.585. The highest BCUT2D eigenvalue weighted by Crippen LogP contribution is 1.95. The van der Waals surface area contributed by atoms with E-state index in [0.29, 0.717) is 24.5 Å². The first kappa shape index (κ1) is 10.8. The van der Waals surface area contributed by atoms with Crippen LogP contribution < -0.4 is 0 Å². The van der Waals surface area contributed by atoms with Gasteiger partial charge in [-0.3, -0.25) is 0 Å². The Kier molecular flexibility index (Phi) is 6.31. The predicted molar refractivity (Wildman–Crippen MR) is 45.9 cm³/mol. The average molecular weight is 225 g/mol. The summed E-state index contributed by atoms with van der Waals surface area (Å²) >= 11 is 3.13. The molecule has 3 nitrogen and oxygen atoms in total. The molecule has 0 unspecified atom stereocenters. The van der Waals surface area contributed by atoms with Crippen molar-refractivity contribution in [3.05, 3.63) is 0 Å². The summed E-state index contributed by atoms with van der Waals surface area (Å²) < 4.78 is 9.36. The summed E-state index contributed by atoms with van der Waals surface area (Å²) in [5.41, 5.74) is 0. The first-order chi connectivity index (χ1) is 5.16. The number of carbonyl (C=O) groups is 1. The molecule has 11 heavy (non-hydrogen) atoms. The van der Waals surface area contributed by atoms with Crippen LogP contribution in [-0.4, -0.2) is 24.7 Å². The zero-order valence-corrected chi connectivity index (χ0v) is 8.39. The first-order valence-electron chi connectivity index (χ1n) is 3.52. The van der Waals surface area contributed by atoms with Gasteiger partial charge in [-0.25, -0.2) is 4.79 Å². The van der Waals surface area contributed by atoms with E-state index in [1.54, 1.807) is 0 Å². The van der Waals surface area contributed by atoms with Crippen molar-refractivity contribution < 1.29 is 14.3 Å². The van der Waals surface area contributed by atoms with Crippen molar-refractivity contribution in [1.29, 1.82) is 0 Å². The van der Waals surface area contributed by atoms with E-state index in [4.69, 9.17) is 4.74 Å². The average Bonchev–Trinajstić information content (AvgIpc) is 1.97. The molecule has 0 saturated carbocycles. The third kappa shape index (κ3) is 7.65. The van der Waals surface area contributed by atoms with Crippen molar-refractivity contribution in [1.82, 2.24) is 0 Å². The first-order valence-corrected chi connectivity index (χ1v) is 4.64. The highest BCUT2D eigenvalue weighted by molar-refractivity contribution is 9.09. The predicted octanol–water partition coefficient (Wildman–Crippen LogP) is 2.19. The quantitative estimate of drug-likeness (QED) is 0.543. The Morgan fingerprint density at radius 3 is 2.55 bits per heavy atom. The van der Waals surface area contributed by atoms with Crippen LogP contribution in [0.2, 0.25) is 0 Å². The third-order valence-corrected chi connectivity index (χ3v) is 1.16. The van der Waals surface area contributed by atoms with Crippen molar-refractivity contribution in [3.63, 3.8) is 0 Å². The summed E-state index contributed by atoms with van der Waals surface area (Å²) in [6, 6.07) is 0. The van der Waals surface area contributed by atoms with Gasteiger partial charge in [-0.2, -0.15) is 0 Å². The molecule has 0 saturated heterocycles. The smallest absolute Gasteiger partial charge is 0.434 e. The molecule has 0 N–H and O–H groups in total. The molecule has 0 rings (SSSR count). The molecule has 0 amide bonds. The normalized spacial score (nSPS) is 9.82. The van der Waals surface area contributed by atoms with Gasteiger partial charge in [0.05, 0.1) is 6.61 Å². The van der Waals surface area contributed by atoms with Crippen LogP contribution in [0, 0.1) is 5.92 Å². The molecular weight excluding hydrogens is 212 g/mol. The maximum absolute atomic E-state index is 10.6. The summed E-state index contributed by atoms with van der Waals surface area (Å²) in [4.78, 5) is 10.6. The maximum Gasteiger partial charge on any atom is 0.508 e. The Morgan fingerprint density at radius 2 is 2.09 bits per heavy atom. The van der Waals surface area contributed by atoms with Gasteiger partial charge >= 0.3 is 6.16 Å². The minimum absolute atomic E-state index is 0.353. The second-order valence-corrected chi connectivity index (χ2v) is 3.29. The Bertz CT molecular complexity index is 114. The lowest BCUT2D eigenvalue weighted by atomic mass is 10.2. The van der Waals surface area contributed by atoms with E-state index in [1.165, 1.54) is 0 Å². The van der Waals surface area contributed by atoms with Crippen LogP contribution in [0.25, 0.3) is 0 Å². The number of ether oxygens (including phenoxy) is 2. The SMILES string of the molecule is CC(C)COC(=O)OCCBr. The number of hydrogen-bond acceptors (Lipinski definition) is 3. The fourth-order valence-corrected chi connectivity index (χ4v) is 0.560. The standard InChI is InChI=1S/C7H13BrO3/c1-6(2)5-11-7(9)10-4-3-8/h6H,3-5H2,1-2H3. The highest BCUT2D eigenvalue weighted by atomic mass is 79.9. The van der Waals surface area contributed by atoms with Crippen molar-refractivity contribution >= 4 is 22.1 Å².